The first kappa shape index (κ1) is 10.6. The molecular formula is C14H16O3. The molecule has 17 heavy (non-hydrogen) atoms. The Balaban J connectivity index is 1.85. The van der Waals surface area contributed by atoms with Gasteiger partial charge in [-0.15, -0.1) is 0 Å². The van der Waals surface area contributed by atoms with Gasteiger partial charge in [-0.3, -0.25) is 4.79 Å². The van der Waals surface area contributed by atoms with E-state index in [9.17, 15) is 4.79 Å². The van der Waals surface area contributed by atoms with E-state index in [0.29, 0.717) is 24.9 Å². The van der Waals surface area contributed by atoms with Gasteiger partial charge in [0, 0.05) is 11.5 Å². The fraction of sp³-hybridized carbons (Fsp3) is 0.500. The van der Waals surface area contributed by atoms with Crippen LogP contribution in [0.1, 0.15) is 30.1 Å². The Hall–Kier alpha value is -1.51. The molecule has 1 saturated carbocycles. The van der Waals surface area contributed by atoms with Gasteiger partial charge in [-0.1, -0.05) is 6.92 Å². The van der Waals surface area contributed by atoms with Crippen LogP contribution in [-0.4, -0.2) is 19.0 Å². The van der Waals surface area contributed by atoms with E-state index in [-0.39, 0.29) is 11.7 Å². The predicted octanol–water partition coefficient (Wildman–Crippen LogP) is 2.69. The third-order valence-electron chi connectivity index (χ3n) is 3.57. The molecule has 0 radical (unpaired) electrons. The number of carbonyl (C=O) groups excluding carboxylic acids is 1. The van der Waals surface area contributed by atoms with Crippen molar-refractivity contribution in [2.24, 2.45) is 11.8 Å². The third kappa shape index (κ3) is 2.02. The number of Topliss-reactive ketones (excluding diaryl/α,β-unsaturated/α-hetero) is 1. The molecule has 0 amide bonds. The van der Waals surface area contributed by atoms with Crippen LogP contribution in [0, 0.1) is 11.8 Å². The number of hydrogen-bond donors (Lipinski definition) is 0. The summed E-state index contributed by atoms with van der Waals surface area (Å²) in [5.74, 6) is 2.40. The van der Waals surface area contributed by atoms with Gasteiger partial charge in [-0.05, 0) is 37.0 Å². The van der Waals surface area contributed by atoms with Crippen LogP contribution >= 0.6 is 0 Å². The molecule has 3 nitrogen and oxygen atoms in total. The van der Waals surface area contributed by atoms with E-state index in [4.69, 9.17) is 9.47 Å². The van der Waals surface area contributed by atoms with Crippen molar-refractivity contribution in [1.29, 1.82) is 0 Å². The van der Waals surface area contributed by atoms with Crippen LogP contribution in [-0.2, 0) is 0 Å². The maximum absolute atomic E-state index is 12.2. The maximum Gasteiger partial charge on any atom is 0.166 e. The SMILES string of the molecule is CC(C(=O)c1ccc2c(c1)OCCO2)C1CC1. The topological polar surface area (TPSA) is 35.5 Å². The lowest BCUT2D eigenvalue weighted by Gasteiger charge is -2.19. The third-order valence-corrected chi connectivity index (χ3v) is 3.57. The minimum absolute atomic E-state index is 0.137. The van der Waals surface area contributed by atoms with Gasteiger partial charge in [0.2, 0.25) is 0 Å². The van der Waals surface area contributed by atoms with Crippen LogP contribution in [0.3, 0.4) is 0 Å². The fourth-order valence-corrected chi connectivity index (χ4v) is 2.27. The minimum atomic E-state index is 0.137. The summed E-state index contributed by atoms with van der Waals surface area (Å²) in [5.41, 5.74) is 0.744. The summed E-state index contributed by atoms with van der Waals surface area (Å²) in [6, 6.07) is 5.49. The summed E-state index contributed by atoms with van der Waals surface area (Å²) in [4.78, 5) is 12.2. The monoisotopic (exact) mass is 232 g/mol. The Morgan fingerprint density at radius 1 is 1.24 bits per heavy atom. The average molecular weight is 232 g/mol. The molecule has 1 heterocycles. The van der Waals surface area contributed by atoms with Crippen LogP contribution in [0.25, 0.3) is 0 Å². The van der Waals surface area contributed by atoms with E-state index in [1.165, 1.54) is 12.8 Å². The summed E-state index contributed by atoms with van der Waals surface area (Å²) < 4.78 is 10.9. The number of ether oxygens (including phenoxy) is 2. The van der Waals surface area contributed by atoms with Gasteiger partial charge in [-0.2, -0.15) is 0 Å². The lowest BCUT2D eigenvalue weighted by Crippen LogP contribution is -2.17. The largest absolute Gasteiger partial charge is 0.486 e. The smallest absolute Gasteiger partial charge is 0.166 e. The number of ketones is 1. The van der Waals surface area contributed by atoms with Crippen molar-refractivity contribution < 1.29 is 14.3 Å². The van der Waals surface area contributed by atoms with Gasteiger partial charge in [0.15, 0.2) is 17.3 Å². The van der Waals surface area contributed by atoms with Crippen LogP contribution in [0.15, 0.2) is 18.2 Å². The van der Waals surface area contributed by atoms with Gasteiger partial charge in [0.05, 0.1) is 0 Å². The molecule has 1 aromatic rings. The molecule has 3 rings (SSSR count). The molecule has 0 N–H and O–H groups in total. The molecule has 0 spiro atoms. The molecule has 1 aromatic carbocycles. The molecule has 90 valence electrons. The molecule has 1 unspecified atom stereocenters. The highest BCUT2D eigenvalue weighted by atomic mass is 16.6. The van der Waals surface area contributed by atoms with Gasteiger partial charge < -0.3 is 9.47 Å². The Morgan fingerprint density at radius 2 is 1.94 bits per heavy atom. The lowest BCUT2D eigenvalue weighted by molar-refractivity contribution is 0.0915. The number of hydrogen-bond acceptors (Lipinski definition) is 3. The van der Waals surface area contributed by atoms with Gasteiger partial charge in [0.1, 0.15) is 13.2 Å². The number of carbonyl (C=O) groups is 1. The van der Waals surface area contributed by atoms with E-state index < -0.39 is 0 Å². The first-order chi connectivity index (χ1) is 8.25. The Labute approximate surface area is 101 Å². The predicted molar refractivity (Wildman–Crippen MR) is 63.7 cm³/mol. The molecule has 1 fully saturated rings. The Bertz CT molecular complexity index is 449. The molecule has 2 aliphatic rings. The van der Waals surface area contributed by atoms with E-state index in [1.54, 1.807) is 0 Å². The van der Waals surface area contributed by atoms with Crippen LogP contribution in [0.5, 0.6) is 11.5 Å². The highest BCUT2D eigenvalue weighted by Gasteiger charge is 2.33. The summed E-state index contributed by atoms with van der Waals surface area (Å²) in [5, 5.41) is 0. The van der Waals surface area contributed by atoms with E-state index in [0.717, 1.165) is 11.3 Å². The van der Waals surface area contributed by atoms with Crippen molar-refractivity contribution in [2.45, 2.75) is 19.8 Å². The van der Waals surface area contributed by atoms with E-state index in [1.807, 2.05) is 25.1 Å². The highest BCUT2D eigenvalue weighted by Crippen LogP contribution is 2.39. The van der Waals surface area contributed by atoms with Crippen LogP contribution < -0.4 is 9.47 Å². The van der Waals surface area contributed by atoms with Gasteiger partial charge in [-0.25, -0.2) is 0 Å². The first-order valence-corrected chi connectivity index (χ1v) is 6.19. The standard InChI is InChI=1S/C14H16O3/c1-9(10-2-3-10)14(15)11-4-5-12-13(8-11)17-7-6-16-12/h4-5,8-10H,2-3,6-7H2,1H3. The second-order valence-corrected chi connectivity index (χ2v) is 4.85. The van der Waals surface area contributed by atoms with Crippen LogP contribution in [0.2, 0.25) is 0 Å². The second-order valence-electron chi connectivity index (χ2n) is 4.85. The second kappa shape index (κ2) is 4.06. The molecule has 1 aliphatic carbocycles. The molecule has 1 atom stereocenters. The minimum Gasteiger partial charge on any atom is -0.486 e. The molecule has 0 bridgehead atoms. The zero-order chi connectivity index (χ0) is 11.8. The summed E-state index contributed by atoms with van der Waals surface area (Å²) in [6.07, 6.45) is 2.38. The highest BCUT2D eigenvalue weighted by molar-refractivity contribution is 5.98. The quantitative estimate of drug-likeness (QED) is 0.752. The fourth-order valence-electron chi connectivity index (χ4n) is 2.27. The summed E-state index contributed by atoms with van der Waals surface area (Å²) >= 11 is 0. The van der Waals surface area contributed by atoms with Crippen LogP contribution in [0.4, 0.5) is 0 Å². The molecule has 1 aliphatic heterocycles. The van der Waals surface area contributed by atoms with Crippen molar-refractivity contribution >= 4 is 5.78 Å². The Morgan fingerprint density at radius 3 is 2.65 bits per heavy atom. The molecular weight excluding hydrogens is 216 g/mol. The first-order valence-electron chi connectivity index (χ1n) is 6.19. The van der Waals surface area contributed by atoms with Crippen molar-refractivity contribution in [3.05, 3.63) is 23.8 Å². The van der Waals surface area contributed by atoms with E-state index in [2.05, 4.69) is 0 Å². The molecule has 0 aromatic heterocycles. The normalized spacial score (nSPS) is 19.8. The van der Waals surface area contributed by atoms with Crippen molar-refractivity contribution in [1.82, 2.24) is 0 Å². The van der Waals surface area contributed by atoms with Gasteiger partial charge >= 0.3 is 0 Å². The molecule has 3 heteroatoms. The van der Waals surface area contributed by atoms with Gasteiger partial charge in [0.25, 0.3) is 0 Å². The van der Waals surface area contributed by atoms with Crippen molar-refractivity contribution in [3.63, 3.8) is 0 Å². The zero-order valence-corrected chi connectivity index (χ0v) is 9.94. The maximum atomic E-state index is 12.2. The number of rotatable bonds is 3. The zero-order valence-electron chi connectivity index (χ0n) is 9.94. The van der Waals surface area contributed by atoms with Crippen molar-refractivity contribution in [2.75, 3.05) is 13.2 Å². The summed E-state index contributed by atoms with van der Waals surface area (Å²) in [6.45, 7) is 3.17. The average Bonchev–Trinajstić information content (AvgIpc) is 3.21. The Kier molecular flexibility index (Phi) is 2.54. The van der Waals surface area contributed by atoms with Crippen molar-refractivity contribution in [3.8, 4) is 11.5 Å². The number of benzene rings is 1. The summed E-state index contributed by atoms with van der Waals surface area (Å²) in [7, 11) is 0. The number of fused-ring (bicyclic) bond motifs is 1. The van der Waals surface area contributed by atoms with E-state index >= 15 is 0 Å². The molecule has 0 saturated heterocycles. The lowest BCUT2D eigenvalue weighted by atomic mass is 9.95.